The van der Waals surface area contributed by atoms with Gasteiger partial charge in [0.1, 0.15) is 0 Å². The van der Waals surface area contributed by atoms with Crippen molar-refractivity contribution >= 4 is 0 Å². The van der Waals surface area contributed by atoms with Crippen LogP contribution < -0.4 is 0 Å². The summed E-state index contributed by atoms with van der Waals surface area (Å²) in [5.41, 5.74) is 8.94. The van der Waals surface area contributed by atoms with Crippen LogP contribution in [0.25, 0.3) is 0 Å². The Bertz CT molecular complexity index is 1150. The lowest BCUT2D eigenvalue weighted by atomic mass is 9.68. The minimum Gasteiger partial charge on any atom is -0.0850 e. The summed E-state index contributed by atoms with van der Waals surface area (Å²) in [6.07, 6.45) is 41.3. The predicted octanol–water partition coefficient (Wildman–Crippen LogP) is 12.1. The van der Waals surface area contributed by atoms with Gasteiger partial charge in [-0.15, -0.1) is 0 Å². The Morgan fingerprint density at radius 1 is 0.718 bits per heavy atom. The van der Waals surface area contributed by atoms with Gasteiger partial charge in [-0.3, -0.25) is 0 Å². The molecule has 0 aromatic heterocycles. The van der Waals surface area contributed by atoms with Crippen LogP contribution in [0.15, 0.2) is 131 Å². The summed E-state index contributed by atoms with van der Waals surface area (Å²) in [6, 6.07) is 0. The summed E-state index contributed by atoms with van der Waals surface area (Å²) >= 11 is 0. The summed E-state index contributed by atoms with van der Waals surface area (Å²) < 4.78 is 0. The SMILES string of the molecule is CC(C=CC=CC=CC1=C(C)CCCC1(C)C)=CC=CC=C(C)C=CC=C(C)C=CC1C(C)=CCCC1(C)C. The van der Waals surface area contributed by atoms with Crippen LogP contribution in [0.5, 0.6) is 0 Å². The van der Waals surface area contributed by atoms with E-state index in [1.165, 1.54) is 60.0 Å². The first-order valence-electron chi connectivity index (χ1n) is 14.9. The monoisotopic (exact) mass is 522 g/mol. The standard InChI is InChI=1S/C39H54/c1-31(19-12-10-11-13-26-36-34(4)24-17-29-38(36,6)7)20-14-15-21-32(2)22-16-23-33(3)27-28-37-35(5)25-18-30-39(37,8)9/h10-16,19-23,25-28,37H,17-18,24,29-30H2,1-9H3. The van der Waals surface area contributed by atoms with Crippen molar-refractivity contribution in [1.82, 2.24) is 0 Å². The van der Waals surface area contributed by atoms with Crippen molar-refractivity contribution in [2.24, 2.45) is 16.7 Å². The molecule has 210 valence electrons. The minimum atomic E-state index is 0.298. The highest BCUT2D eigenvalue weighted by Crippen LogP contribution is 2.42. The summed E-state index contributed by atoms with van der Waals surface area (Å²) in [4.78, 5) is 0. The maximum Gasteiger partial charge on any atom is 0.00285 e. The zero-order valence-electron chi connectivity index (χ0n) is 26.4. The molecule has 0 fully saturated rings. The molecule has 0 N–H and O–H groups in total. The van der Waals surface area contributed by atoms with Gasteiger partial charge in [0, 0.05) is 5.92 Å². The average molecular weight is 523 g/mol. The van der Waals surface area contributed by atoms with Gasteiger partial charge >= 0.3 is 0 Å². The fraction of sp³-hybridized carbons (Fsp3) is 0.436. The lowest BCUT2D eigenvalue weighted by Gasteiger charge is -2.36. The van der Waals surface area contributed by atoms with Crippen molar-refractivity contribution in [1.29, 1.82) is 0 Å². The normalized spacial score (nSPS) is 23.6. The van der Waals surface area contributed by atoms with Crippen LogP contribution in [0.4, 0.5) is 0 Å². The molecule has 0 radical (unpaired) electrons. The Balaban J connectivity index is 1.83. The van der Waals surface area contributed by atoms with E-state index in [-0.39, 0.29) is 0 Å². The lowest BCUT2D eigenvalue weighted by molar-refractivity contribution is 0.255. The molecule has 0 heterocycles. The smallest absolute Gasteiger partial charge is 0.00285 e. The van der Waals surface area contributed by atoms with Crippen molar-refractivity contribution in [2.45, 2.75) is 94.4 Å². The van der Waals surface area contributed by atoms with Gasteiger partial charge < -0.3 is 0 Å². The molecule has 0 saturated heterocycles. The molecule has 0 saturated carbocycles. The number of allylic oxidation sites excluding steroid dienone is 22. The Labute approximate surface area is 241 Å². The molecule has 1 unspecified atom stereocenters. The summed E-state index contributed by atoms with van der Waals surface area (Å²) in [6.45, 7) is 20.5. The van der Waals surface area contributed by atoms with Crippen LogP contribution in [-0.2, 0) is 0 Å². The van der Waals surface area contributed by atoms with E-state index in [1.807, 2.05) is 0 Å². The molecule has 0 aromatic rings. The first kappa shape index (κ1) is 32.4. The first-order chi connectivity index (χ1) is 18.4. The molecule has 1 atom stereocenters. The Morgan fingerprint density at radius 3 is 1.95 bits per heavy atom. The highest BCUT2D eigenvalue weighted by atomic mass is 14.3. The molecule has 0 aromatic carbocycles. The van der Waals surface area contributed by atoms with Crippen LogP contribution >= 0.6 is 0 Å². The molecule has 2 rings (SSSR count). The second kappa shape index (κ2) is 15.7. The third kappa shape index (κ3) is 11.4. The predicted molar refractivity (Wildman–Crippen MR) is 177 cm³/mol. The highest BCUT2D eigenvalue weighted by molar-refractivity contribution is 5.35. The van der Waals surface area contributed by atoms with Gasteiger partial charge in [-0.25, -0.2) is 0 Å². The van der Waals surface area contributed by atoms with E-state index in [4.69, 9.17) is 0 Å². The van der Waals surface area contributed by atoms with E-state index in [0.717, 1.165) is 0 Å². The molecule has 0 nitrogen and oxygen atoms in total. The summed E-state index contributed by atoms with van der Waals surface area (Å²) in [5, 5.41) is 0. The molecule has 0 amide bonds. The van der Waals surface area contributed by atoms with Crippen molar-refractivity contribution in [2.75, 3.05) is 0 Å². The Morgan fingerprint density at radius 2 is 1.31 bits per heavy atom. The molecular formula is C39H54. The lowest BCUT2D eigenvalue weighted by Crippen LogP contribution is -2.26. The zero-order chi connectivity index (χ0) is 28.9. The third-order valence-electron chi connectivity index (χ3n) is 8.18. The van der Waals surface area contributed by atoms with Gasteiger partial charge in [0.05, 0.1) is 0 Å². The van der Waals surface area contributed by atoms with Crippen LogP contribution in [0, 0.1) is 16.7 Å². The van der Waals surface area contributed by atoms with Crippen LogP contribution in [0.1, 0.15) is 94.4 Å². The molecule has 0 aliphatic heterocycles. The zero-order valence-corrected chi connectivity index (χ0v) is 26.4. The van der Waals surface area contributed by atoms with E-state index in [9.17, 15) is 0 Å². The van der Waals surface area contributed by atoms with Gasteiger partial charge in [-0.1, -0.05) is 153 Å². The van der Waals surface area contributed by atoms with E-state index in [0.29, 0.717) is 16.7 Å². The summed E-state index contributed by atoms with van der Waals surface area (Å²) in [7, 11) is 0. The molecule has 2 aliphatic rings. The highest BCUT2D eigenvalue weighted by Gasteiger charge is 2.30. The van der Waals surface area contributed by atoms with Crippen molar-refractivity contribution in [3.63, 3.8) is 0 Å². The number of hydrogen-bond acceptors (Lipinski definition) is 0. The van der Waals surface area contributed by atoms with E-state index < -0.39 is 0 Å². The van der Waals surface area contributed by atoms with Crippen LogP contribution in [-0.4, -0.2) is 0 Å². The number of hydrogen-bond donors (Lipinski definition) is 0. The first-order valence-corrected chi connectivity index (χ1v) is 14.9. The molecule has 0 bridgehead atoms. The second-order valence-corrected chi connectivity index (χ2v) is 12.8. The average Bonchev–Trinajstić information content (AvgIpc) is 2.84. The quantitative estimate of drug-likeness (QED) is 0.198. The van der Waals surface area contributed by atoms with Gasteiger partial charge in [-0.05, 0) is 83.1 Å². The van der Waals surface area contributed by atoms with Crippen LogP contribution in [0.3, 0.4) is 0 Å². The summed E-state index contributed by atoms with van der Waals surface area (Å²) in [5.74, 6) is 0.533. The maximum absolute atomic E-state index is 2.40. The minimum absolute atomic E-state index is 0.298. The van der Waals surface area contributed by atoms with Gasteiger partial charge in [0.2, 0.25) is 0 Å². The van der Waals surface area contributed by atoms with Gasteiger partial charge in [0.25, 0.3) is 0 Å². The van der Waals surface area contributed by atoms with Gasteiger partial charge in [0.15, 0.2) is 0 Å². The second-order valence-electron chi connectivity index (χ2n) is 12.8. The van der Waals surface area contributed by atoms with Crippen molar-refractivity contribution in [3.8, 4) is 0 Å². The van der Waals surface area contributed by atoms with Crippen LogP contribution in [0.2, 0.25) is 0 Å². The molecule has 39 heavy (non-hydrogen) atoms. The van der Waals surface area contributed by atoms with E-state index in [1.54, 1.807) is 5.57 Å². The van der Waals surface area contributed by atoms with Gasteiger partial charge in [-0.2, -0.15) is 0 Å². The third-order valence-corrected chi connectivity index (χ3v) is 8.18. The largest absolute Gasteiger partial charge is 0.0850 e. The topological polar surface area (TPSA) is 0 Å². The molecule has 0 spiro atoms. The van der Waals surface area contributed by atoms with E-state index >= 15 is 0 Å². The molecule has 0 heteroatoms. The van der Waals surface area contributed by atoms with Crippen molar-refractivity contribution < 1.29 is 0 Å². The Hall–Kier alpha value is -2.86. The fourth-order valence-corrected chi connectivity index (χ4v) is 5.66. The Kier molecular flexibility index (Phi) is 13.0. The van der Waals surface area contributed by atoms with E-state index in [2.05, 4.69) is 160 Å². The van der Waals surface area contributed by atoms with Crippen molar-refractivity contribution in [3.05, 3.63) is 131 Å². The maximum atomic E-state index is 2.40. The fourth-order valence-electron chi connectivity index (χ4n) is 5.66. The number of rotatable bonds is 10. The molecule has 2 aliphatic carbocycles. The molecular weight excluding hydrogens is 468 g/mol.